The van der Waals surface area contributed by atoms with Crippen LogP contribution >= 0.6 is 0 Å². The van der Waals surface area contributed by atoms with E-state index in [0.29, 0.717) is 330 Å². The monoisotopic (exact) mass is 1360 g/mol. The first-order valence-corrected chi connectivity index (χ1v) is 32.7. The van der Waals surface area contributed by atoms with Crippen LogP contribution in [-0.2, 0) is 128 Å². The largest absolute Gasteiger partial charge is 0.480 e. The zero-order valence-electron chi connectivity index (χ0n) is 56.3. The molecule has 552 valence electrons. The summed E-state index contributed by atoms with van der Waals surface area (Å²) in [6.45, 7) is 22.8. The highest BCUT2D eigenvalue weighted by Crippen LogP contribution is 2.03. The van der Waals surface area contributed by atoms with Crippen molar-refractivity contribution in [2.75, 3.05) is 331 Å². The first-order chi connectivity index (χ1) is 45.9. The topological polar surface area (TPSA) is 355 Å². The Morgan fingerprint density at radius 1 is 0.323 bits per heavy atom. The molecule has 0 aliphatic rings. The Labute approximate surface area is 552 Å². The number of aliphatic carboxylic acids is 1. The smallest absolute Gasteiger partial charge is 0.326 e. The van der Waals surface area contributed by atoms with E-state index in [4.69, 9.17) is 119 Å². The van der Waals surface area contributed by atoms with E-state index in [2.05, 4.69) is 15.6 Å². The van der Waals surface area contributed by atoms with Crippen LogP contribution in [0.25, 0.3) is 0 Å². The summed E-state index contributed by atoms with van der Waals surface area (Å²) in [6.07, 6.45) is 1.42. The Hall–Kier alpha value is -3.08. The van der Waals surface area contributed by atoms with E-state index in [9.17, 15) is 19.5 Å². The maximum atomic E-state index is 12.2. The number of carbonyl (C=O) groups excluding carboxylic acids is 2. The summed E-state index contributed by atoms with van der Waals surface area (Å²) in [6, 6.07) is -1.04. The van der Waals surface area contributed by atoms with Gasteiger partial charge < -0.3 is 135 Å². The van der Waals surface area contributed by atoms with Gasteiger partial charge in [0.05, 0.1) is 304 Å². The minimum absolute atomic E-state index is 0.0352. The fourth-order valence-corrected chi connectivity index (χ4v) is 6.96. The van der Waals surface area contributed by atoms with Crippen LogP contribution in [0.3, 0.4) is 0 Å². The number of Topliss-reactive ketones (excluding diaryl/α,β-unsaturated/α-hetero) is 1. The molecular formula is C61H120N4O28. The number of rotatable bonds is 82. The SMILES string of the molecule is CN=C(N)NCCC[C@H](NC(=O)CCC(=O)CCCOCCOCCOCCOCCOCCOCCOCCOCCOCCOCCOCCOCCOCCOCCOCCOCCOCCOCCOCCOCCOCCOCCOCCOC)C(=O)O. The van der Waals surface area contributed by atoms with Crippen LogP contribution in [0.2, 0.25) is 0 Å². The van der Waals surface area contributed by atoms with Gasteiger partial charge in [-0.2, -0.15) is 0 Å². The number of nitrogens with two attached hydrogens (primary N) is 1. The molecule has 0 saturated heterocycles. The van der Waals surface area contributed by atoms with E-state index in [1.165, 1.54) is 7.05 Å². The third-order valence-corrected chi connectivity index (χ3v) is 11.8. The van der Waals surface area contributed by atoms with Crippen molar-refractivity contribution < 1.29 is 133 Å². The molecule has 93 heavy (non-hydrogen) atoms. The van der Waals surface area contributed by atoms with E-state index < -0.39 is 17.9 Å². The van der Waals surface area contributed by atoms with Crippen molar-refractivity contribution in [1.29, 1.82) is 0 Å². The van der Waals surface area contributed by atoms with E-state index in [1.807, 2.05) is 0 Å². The normalized spacial score (nSPS) is 12.1. The number of carboxylic acids is 1. The number of aliphatic imine (C=N–C) groups is 1. The second kappa shape index (κ2) is 79.6. The van der Waals surface area contributed by atoms with Gasteiger partial charge in [0, 0.05) is 46.6 Å². The molecule has 0 fully saturated rings. The van der Waals surface area contributed by atoms with E-state index in [-0.39, 0.29) is 37.4 Å². The van der Waals surface area contributed by atoms with Gasteiger partial charge in [0.1, 0.15) is 11.8 Å². The molecule has 5 N–H and O–H groups in total. The van der Waals surface area contributed by atoms with Crippen LogP contribution in [0.15, 0.2) is 4.99 Å². The van der Waals surface area contributed by atoms with E-state index in [1.54, 1.807) is 7.11 Å². The number of guanidine groups is 1. The maximum Gasteiger partial charge on any atom is 0.326 e. The van der Waals surface area contributed by atoms with Crippen molar-refractivity contribution in [3.63, 3.8) is 0 Å². The second-order valence-corrected chi connectivity index (χ2v) is 19.4. The number of carboxylic acid groups (broad SMARTS) is 1. The fourth-order valence-electron chi connectivity index (χ4n) is 6.96. The average Bonchev–Trinajstić information content (AvgIpc) is 3.64. The van der Waals surface area contributed by atoms with Crippen LogP contribution in [0.1, 0.15) is 38.5 Å². The highest BCUT2D eigenvalue weighted by molar-refractivity contribution is 5.87. The Kier molecular flexibility index (Phi) is 77.0. The third-order valence-electron chi connectivity index (χ3n) is 11.8. The van der Waals surface area contributed by atoms with Crippen molar-refractivity contribution in [2.45, 2.75) is 44.6 Å². The Morgan fingerprint density at radius 2 is 0.538 bits per heavy atom. The van der Waals surface area contributed by atoms with Crippen molar-refractivity contribution >= 4 is 23.6 Å². The lowest BCUT2D eigenvalue weighted by molar-refractivity contribution is -0.142. The number of carbonyl (C=O) groups is 3. The minimum atomic E-state index is -1.13. The van der Waals surface area contributed by atoms with Gasteiger partial charge >= 0.3 is 5.97 Å². The quantitative estimate of drug-likeness (QED) is 0.0354. The summed E-state index contributed by atoms with van der Waals surface area (Å²) in [5.74, 6) is -1.45. The molecule has 0 heterocycles. The van der Waals surface area contributed by atoms with Gasteiger partial charge in [-0.15, -0.1) is 0 Å². The predicted molar refractivity (Wildman–Crippen MR) is 339 cm³/mol. The van der Waals surface area contributed by atoms with Crippen LogP contribution in [0.5, 0.6) is 0 Å². The molecule has 0 radical (unpaired) electrons. The maximum absolute atomic E-state index is 12.2. The average molecular weight is 1360 g/mol. The Bertz CT molecular complexity index is 1560. The second-order valence-electron chi connectivity index (χ2n) is 19.4. The van der Waals surface area contributed by atoms with Gasteiger partial charge in [-0.05, 0) is 19.3 Å². The van der Waals surface area contributed by atoms with Crippen molar-refractivity contribution in [3.8, 4) is 0 Å². The molecular weight excluding hydrogens is 1240 g/mol. The molecule has 0 unspecified atom stereocenters. The molecule has 1 amide bonds. The lowest BCUT2D eigenvalue weighted by Crippen LogP contribution is -2.41. The van der Waals surface area contributed by atoms with Gasteiger partial charge in [-0.25, -0.2) is 4.79 Å². The highest BCUT2D eigenvalue weighted by atomic mass is 16.6. The molecule has 0 bridgehead atoms. The molecule has 0 aliphatic carbocycles. The summed E-state index contributed by atoms with van der Waals surface area (Å²) in [5, 5.41) is 14.7. The van der Waals surface area contributed by atoms with Crippen molar-refractivity contribution in [3.05, 3.63) is 0 Å². The molecule has 0 aromatic heterocycles. The van der Waals surface area contributed by atoms with Gasteiger partial charge in [0.2, 0.25) is 5.91 Å². The first-order valence-electron chi connectivity index (χ1n) is 32.7. The molecule has 0 rings (SSSR count). The van der Waals surface area contributed by atoms with Gasteiger partial charge in [0.25, 0.3) is 0 Å². The van der Waals surface area contributed by atoms with Crippen molar-refractivity contribution in [2.24, 2.45) is 10.7 Å². The lowest BCUT2D eigenvalue weighted by atomic mass is 10.1. The number of hydrogen-bond acceptors (Lipinski definition) is 28. The molecule has 0 spiro atoms. The number of hydrogen-bond donors (Lipinski definition) is 4. The van der Waals surface area contributed by atoms with Crippen LogP contribution in [0.4, 0.5) is 0 Å². The van der Waals surface area contributed by atoms with Gasteiger partial charge in [-0.1, -0.05) is 0 Å². The summed E-state index contributed by atoms with van der Waals surface area (Å²) in [7, 11) is 3.18. The third kappa shape index (κ3) is 77.8. The standard InChI is InChI=1S/C61H120N4O28/c1-63-61(62)64-9-3-6-58(60(68)69)65-59(67)8-7-57(66)5-4-10-71-13-14-73-17-18-75-21-22-77-25-26-79-29-30-81-33-34-83-37-38-85-41-42-87-45-46-89-49-50-91-53-54-93-56-55-92-52-51-90-48-47-88-44-43-86-40-39-84-36-35-82-32-31-80-28-27-78-24-23-76-20-19-74-16-15-72-12-11-70-2/h58H,3-56H2,1-2H3,(H,65,67)(H,68,69)(H3,62,63,64)/t58-/m0/s1. The van der Waals surface area contributed by atoms with Gasteiger partial charge in [-0.3, -0.25) is 14.6 Å². The summed E-state index contributed by atoms with van der Waals surface area (Å²) < 4.78 is 131. The van der Waals surface area contributed by atoms with Crippen LogP contribution < -0.4 is 16.4 Å². The summed E-state index contributed by atoms with van der Waals surface area (Å²) in [5.41, 5.74) is 5.54. The Morgan fingerprint density at radius 3 is 0.742 bits per heavy atom. The fraction of sp³-hybridized carbons (Fsp3) is 0.934. The Balaban J connectivity index is 3.19. The number of nitrogens with one attached hydrogen (secondary N) is 2. The zero-order valence-corrected chi connectivity index (χ0v) is 56.3. The number of ketones is 1. The van der Waals surface area contributed by atoms with E-state index in [0.717, 1.165) is 0 Å². The predicted octanol–water partition coefficient (Wildman–Crippen LogP) is 0.0278. The molecule has 0 aliphatic heterocycles. The molecule has 0 saturated carbocycles. The van der Waals surface area contributed by atoms with Crippen LogP contribution in [-0.4, -0.2) is 366 Å². The lowest BCUT2D eigenvalue weighted by Gasteiger charge is -2.14. The molecule has 32 heteroatoms. The van der Waals surface area contributed by atoms with Crippen molar-refractivity contribution in [1.82, 2.24) is 10.6 Å². The number of nitrogens with zero attached hydrogens (tertiary/aromatic N) is 1. The van der Waals surface area contributed by atoms with Gasteiger partial charge in [0.15, 0.2) is 5.96 Å². The van der Waals surface area contributed by atoms with Crippen LogP contribution in [0, 0.1) is 0 Å². The molecule has 32 nitrogen and oxygen atoms in total. The number of ether oxygens (including phenoxy) is 24. The zero-order chi connectivity index (χ0) is 67.2. The summed E-state index contributed by atoms with van der Waals surface area (Å²) >= 11 is 0. The highest BCUT2D eigenvalue weighted by Gasteiger charge is 2.20. The summed E-state index contributed by atoms with van der Waals surface area (Å²) in [4.78, 5) is 39.6. The minimum Gasteiger partial charge on any atom is -0.480 e. The first kappa shape index (κ1) is 89.9. The number of methoxy groups -OCH3 is 1. The molecule has 0 aromatic rings. The molecule has 1 atom stereocenters. The number of amides is 1. The molecule has 0 aromatic carbocycles. The van der Waals surface area contributed by atoms with E-state index >= 15 is 0 Å².